The molecule has 3 aromatic carbocycles. The highest BCUT2D eigenvalue weighted by Gasteiger charge is 2.25. The summed E-state index contributed by atoms with van der Waals surface area (Å²) in [5.41, 5.74) is 6.37. The quantitative estimate of drug-likeness (QED) is 0.180. The molecule has 230 valence electrons. The van der Waals surface area contributed by atoms with Crippen LogP contribution in [0.4, 0.5) is 17.5 Å². The van der Waals surface area contributed by atoms with Gasteiger partial charge in [0, 0.05) is 62.0 Å². The van der Waals surface area contributed by atoms with Gasteiger partial charge in [-0.1, -0.05) is 54.6 Å². The second-order valence-corrected chi connectivity index (χ2v) is 12.0. The summed E-state index contributed by atoms with van der Waals surface area (Å²) in [6.07, 6.45) is 4.40. The summed E-state index contributed by atoms with van der Waals surface area (Å²) in [4.78, 5) is 31.8. The molecule has 3 heterocycles. The Balaban J connectivity index is 1.05. The first-order chi connectivity index (χ1) is 22.0. The molecule has 6 rings (SSSR count). The Morgan fingerprint density at radius 2 is 1.69 bits per heavy atom. The number of hydrogen-bond donors (Lipinski definition) is 2. The maximum absolute atomic E-state index is 13.0. The van der Waals surface area contributed by atoms with Crippen LogP contribution in [0, 0.1) is 12.8 Å². The SMILES string of the molecule is Cc1ccc2c(NCc3ccc(NC(=O)C4CCN(Cc5ccccc5)CC4)cc3)nc(N(C)CCc3ccccn3)nc2c1. The lowest BCUT2D eigenvalue weighted by Crippen LogP contribution is -2.37. The summed E-state index contributed by atoms with van der Waals surface area (Å²) in [5, 5.41) is 7.67. The monoisotopic (exact) mass is 599 g/mol. The van der Waals surface area contributed by atoms with Gasteiger partial charge in [-0.3, -0.25) is 14.7 Å². The van der Waals surface area contributed by atoms with Crippen LogP contribution in [0.3, 0.4) is 0 Å². The van der Waals surface area contributed by atoms with E-state index in [-0.39, 0.29) is 11.8 Å². The highest BCUT2D eigenvalue weighted by molar-refractivity contribution is 5.93. The summed E-state index contributed by atoms with van der Waals surface area (Å²) in [6.45, 7) is 6.26. The average molecular weight is 600 g/mol. The number of carbonyl (C=O) groups is 1. The summed E-state index contributed by atoms with van der Waals surface area (Å²) in [7, 11) is 2.02. The number of amides is 1. The van der Waals surface area contributed by atoms with Crippen molar-refractivity contribution in [1.29, 1.82) is 0 Å². The lowest BCUT2D eigenvalue weighted by molar-refractivity contribution is -0.121. The zero-order chi connectivity index (χ0) is 31.0. The van der Waals surface area contributed by atoms with E-state index >= 15 is 0 Å². The molecule has 0 saturated carbocycles. The first-order valence-corrected chi connectivity index (χ1v) is 15.8. The Morgan fingerprint density at radius 3 is 2.44 bits per heavy atom. The molecule has 45 heavy (non-hydrogen) atoms. The van der Waals surface area contributed by atoms with E-state index in [4.69, 9.17) is 9.97 Å². The fraction of sp³-hybridized carbons (Fsp3) is 0.297. The van der Waals surface area contributed by atoms with E-state index in [0.29, 0.717) is 12.5 Å². The molecule has 0 aliphatic carbocycles. The van der Waals surface area contributed by atoms with Crippen molar-refractivity contribution in [2.75, 3.05) is 42.2 Å². The first-order valence-electron chi connectivity index (χ1n) is 15.8. The minimum atomic E-state index is 0.0457. The van der Waals surface area contributed by atoms with Gasteiger partial charge in [0.05, 0.1) is 5.52 Å². The topological polar surface area (TPSA) is 86.3 Å². The number of hydrogen-bond acceptors (Lipinski definition) is 7. The summed E-state index contributed by atoms with van der Waals surface area (Å²) >= 11 is 0. The summed E-state index contributed by atoms with van der Waals surface area (Å²) in [6, 6.07) is 30.9. The van der Waals surface area contributed by atoms with Crippen LogP contribution in [-0.4, -0.2) is 52.4 Å². The molecule has 0 radical (unpaired) electrons. The van der Waals surface area contributed by atoms with Crippen LogP contribution in [0.1, 0.15) is 35.2 Å². The zero-order valence-electron chi connectivity index (χ0n) is 26.1. The number of anilines is 3. The number of carbonyl (C=O) groups excluding carboxylic acids is 1. The van der Waals surface area contributed by atoms with Gasteiger partial charge >= 0.3 is 0 Å². The maximum Gasteiger partial charge on any atom is 0.227 e. The van der Waals surface area contributed by atoms with E-state index in [1.165, 1.54) is 5.56 Å². The molecule has 1 aliphatic rings. The molecule has 0 spiro atoms. The Kier molecular flexibility index (Phi) is 9.61. The van der Waals surface area contributed by atoms with Crippen molar-refractivity contribution in [3.05, 3.63) is 120 Å². The Morgan fingerprint density at radius 1 is 0.911 bits per heavy atom. The molecule has 5 aromatic rings. The molecule has 0 unspecified atom stereocenters. The molecule has 0 atom stereocenters. The van der Waals surface area contributed by atoms with E-state index < -0.39 is 0 Å². The first kappa shape index (κ1) is 30.2. The van der Waals surface area contributed by atoms with E-state index in [0.717, 1.165) is 84.7 Å². The molecule has 1 fully saturated rings. The number of fused-ring (bicyclic) bond motifs is 1. The van der Waals surface area contributed by atoms with Crippen LogP contribution in [0.2, 0.25) is 0 Å². The molecular weight excluding hydrogens is 558 g/mol. The van der Waals surface area contributed by atoms with Gasteiger partial charge < -0.3 is 15.5 Å². The highest BCUT2D eigenvalue weighted by atomic mass is 16.1. The minimum Gasteiger partial charge on any atom is -0.365 e. The largest absolute Gasteiger partial charge is 0.365 e. The minimum absolute atomic E-state index is 0.0457. The molecule has 8 nitrogen and oxygen atoms in total. The van der Waals surface area contributed by atoms with Crippen LogP contribution >= 0.6 is 0 Å². The smallest absolute Gasteiger partial charge is 0.227 e. The number of pyridine rings is 1. The van der Waals surface area contributed by atoms with Crippen molar-refractivity contribution in [2.45, 2.75) is 39.3 Å². The number of likely N-dealkylation sites (tertiary alicyclic amines) is 1. The van der Waals surface area contributed by atoms with Crippen molar-refractivity contribution >= 4 is 34.3 Å². The van der Waals surface area contributed by atoms with Crippen molar-refractivity contribution in [1.82, 2.24) is 19.9 Å². The number of nitrogens with zero attached hydrogens (tertiary/aromatic N) is 5. The van der Waals surface area contributed by atoms with Crippen LogP contribution < -0.4 is 15.5 Å². The number of nitrogens with one attached hydrogen (secondary N) is 2. The van der Waals surface area contributed by atoms with E-state index in [1.54, 1.807) is 0 Å². The predicted octanol–water partition coefficient (Wildman–Crippen LogP) is 6.47. The normalized spacial score (nSPS) is 13.9. The number of piperidine rings is 1. The highest BCUT2D eigenvalue weighted by Crippen LogP contribution is 2.26. The van der Waals surface area contributed by atoms with Gasteiger partial charge in [0.25, 0.3) is 0 Å². The maximum atomic E-state index is 13.0. The van der Waals surface area contributed by atoms with Crippen LogP contribution in [0.25, 0.3) is 10.9 Å². The molecule has 1 amide bonds. The van der Waals surface area contributed by atoms with Crippen molar-refractivity contribution in [2.24, 2.45) is 5.92 Å². The third-order valence-electron chi connectivity index (χ3n) is 8.50. The van der Waals surface area contributed by atoms with Gasteiger partial charge in [-0.2, -0.15) is 4.98 Å². The molecular formula is C37H41N7O. The van der Waals surface area contributed by atoms with E-state index in [9.17, 15) is 4.79 Å². The number of rotatable bonds is 11. The fourth-order valence-electron chi connectivity index (χ4n) is 5.79. The Bertz CT molecular complexity index is 1700. The number of benzene rings is 3. The number of aryl methyl sites for hydroxylation is 1. The van der Waals surface area contributed by atoms with Crippen molar-refractivity contribution in [3.63, 3.8) is 0 Å². The van der Waals surface area contributed by atoms with Gasteiger partial charge in [0.2, 0.25) is 11.9 Å². The van der Waals surface area contributed by atoms with Gasteiger partial charge in [-0.15, -0.1) is 0 Å². The van der Waals surface area contributed by atoms with Crippen molar-refractivity contribution < 1.29 is 4.79 Å². The lowest BCUT2D eigenvalue weighted by Gasteiger charge is -2.31. The van der Waals surface area contributed by atoms with Crippen LogP contribution in [-0.2, 0) is 24.3 Å². The lowest BCUT2D eigenvalue weighted by atomic mass is 9.95. The van der Waals surface area contributed by atoms with E-state index in [1.807, 2.05) is 49.6 Å². The number of likely N-dealkylation sites (N-methyl/N-ethyl adjacent to an activating group) is 1. The molecule has 1 saturated heterocycles. The fourth-order valence-corrected chi connectivity index (χ4v) is 5.79. The second-order valence-electron chi connectivity index (χ2n) is 12.0. The standard InChI is InChI=1S/C37H41N7O/c1-27-11-16-33-34(24-27)41-37(43(2)21-19-31-10-6-7-20-38-31)42-35(33)39-25-28-12-14-32(15-13-28)40-36(45)30-17-22-44(23-18-30)26-29-8-4-3-5-9-29/h3-16,20,24,30H,17-19,21-23,25-26H2,1-2H3,(H,40,45)(H,39,41,42). The third kappa shape index (κ3) is 8.02. The number of aromatic nitrogens is 3. The van der Waals surface area contributed by atoms with Crippen LogP contribution in [0.15, 0.2) is 97.2 Å². The summed E-state index contributed by atoms with van der Waals surface area (Å²) < 4.78 is 0. The summed E-state index contributed by atoms with van der Waals surface area (Å²) in [5.74, 6) is 1.64. The van der Waals surface area contributed by atoms with Crippen molar-refractivity contribution in [3.8, 4) is 0 Å². The molecule has 1 aliphatic heterocycles. The van der Waals surface area contributed by atoms with Gasteiger partial charge in [-0.25, -0.2) is 4.98 Å². The zero-order valence-corrected chi connectivity index (χ0v) is 26.1. The third-order valence-corrected chi connectivity index (χ3v) is 8.50. The molecule has 2 aromatic heterocycles. The molecule has 8 heteroatoms. The average Bonchev–Trinajstić information content (AvgIpc) is 3.07. The molecule has 0 bridgehead atoms. The van der Waals surface area contributed by atoms with Crippen LogP contribution in [0.5, 0.6) is 0 Å². The van der Waals surface area contributed by atoms with E-state index in [2.05, 4.69) is 86.9 Å². The van der Waals surface area contributed by atoms with Gasteiger partial charge in [-0.05, 0) is 85.9 Å². The Labute approximate surface area is 265 Å². The predicted molar refractivity (Wildman–Crippen MR) is 182 cm³/mol. The van der Waals surface area contributed by atoms with Gasteiger partial charge in [0.1, 0.15) is 5.82 Å². The Hall–Kier alpha value is -4.82. The second kappa shape index (κ2) is 14.3. The van der Waals surface area contributed by atoms with Gasteiger partial charge in [0.15, 0.2) is 0 Å². The molecule has 2 N–H and O–H groups in total.